The summed E-state index contributed by atoms with van der Waals surface area (Å²) in [7, 11) is 0. The fraction of sp³-hybridized carbons (Fsp3) is 1.00. The van der Waals surface area contributed by atoms with Gasteiger partial charge in [-0.3, -0.25) is 0 Å². The monoisotopic (exact) mass is 227 g/mol. The first-order chi connectivity index (χ1) is 3.70. The highest BCUT2D eigenvalue weighted by molar-refractivity contribution is 14.1. The highest BCUT2D eigenvalue weighted by Gasteiger charge is 2.27. The Hall–Kier alpha value is 0.650. The highest BCUT2D eigenvalue weighted by Crippen LogP contribution is 2.24. The topological polar surface area (TPSA) is 46.2 Å². The molecule has 3 atom stereocenters. The van der Waals surface area contributed by atoms with Crippen LogP contribution < -0.4 is 5.73 Å². The molecule has 2 nitrogen and oxygen atoms in total. The molecular weight excluding hydrogens is 217 g/mol. The first kappa shape index (κ1) is 6.77. The Morgan fingerprint density at radius 2 is 2.12 bits per heavy atom. The van der Waals surface area contributed by atoms with Gasteiger partial charge in [0.15, 0.2) is 0 Å². The average molecular weight is 227 g/mol. The van der Waals surface area contributed by atoms with E-state index in [0.717, 1.165) is 12.8 Å². The predicted octanol–water partition coefficient (Wildman–Crippen LogP) is 0.272. The van der Waals surface area contributed by atoms with Crippen LogP contribution in [0.2, 0.25) is 0 Å². The van der Waals surface area contributed by atoms with E-state index in [1.807, 2.05) is 0 Å². The van der Waals surface area contributed by atoms with Gasteiger partial charge in [-0.2, -0.15) is 0 Å². The second-order valence-corrected chi connectivity index (χ2v) is 3.91. The Morgan fingerprint density at radius 3 is 2.25 bits per heavy atom. The van der Waals surface area contributed by atoms with E-state index in [2.05, 4.69) is 22.6 Å². The molecule has 1 fully saturated rings. The summed E-state index contributed by atoms with van der Waals surface area (Å²) in [4.78, 5) is 0. The van der Waals surface area contributed by atoms with E-state index in [9.17, 15) is 0 Å². The van der Waals surface area contributed by atoms with Crippen molar-refractivity contribution in [3.63, 3.8) is 0 Å². The zero-order valence-electron chi connectivity index (χ0n) is 4.55. The highest BCUT2D eigenvalue weighted by atomic mass is 127. The van der Waals surface area contributed by atoms with Crippen LogP contribution >= 0.6 is 22.6 Å². The minimum atomic E-state index is -0.133. The number of aliphatic hydroxyl groups excluding tert-OH is 1. The smallest absolute Gasteiger partial charge is 0.0566 e. The van der Waals surface area contributed by atoms with E-state index < -0.39 is 0 Å². The van der Waals surface area contributed by atoms with Gasteiger partial charge in [-0.05, 0) is 12.8 Å². The van der Waals surface area contributed by atoms with Crippen molar-refractivity contribution < 1.29 is 5.11 Å². The largest absolute Gasteiger partial charge is 0.393 e. The molecule has 1 rings (SSSR count). The third-order valence-corrected chi connectivity index (χ3v) is 2.94. The number of aliphatic hydroxyl groups is 1. The number of alkyl halides is 1. The number of hydrogen-bond acceptors (Lipinski definition) is 2. The summed E-state index contributed by atoms with van der Waals surface area (Å²) in [6, 6.07) is 0.227. The average Bonchev–Trinajstić information content (AvgIpc) is 1.85. The van der Waals surface area contributed by atoms with Gasteiger partial charge in [0.1, 0.15) is 0 Å². The van der Waals surface area contributed by atoms with Crippen molar-refractivity contribution in [1.29, 1.82) is 0 Å². The van der Waals surface area contributed by atoms with Crippen molar-refractivity contribution in [3.05, 3.63) is 0 Å². The molecule has 0 bridgehead atoms. The molecule has 1 aliphatic rings. The normalized spacial score (nSPS) is 47.6. The number of hydrogen-bond donors (Lipinski definition) is 2. The molecule has 3 N–H and O–H groups in total. The molecular formula is C5H10INO. The van der Waals surface area contributed by atoms with Gasteiger partial charge in [-0.25, -0.2) is 0 Å². The number of rotatable bonds is 0. The summed E-state index contributed by atoms with van der Waals surface area (Å²) in [6.07, 6.45) is 1.53. The maximum Gasteiger partial charge on any atom is 0.0566 e. The second kappa shape index (κ2) is 2.49. The molecule has 0 aromatic carbocycles. The summed E-state index contributed by atoms with van der Waals surface area (Å²) >= 11 is 2.29. The van der Waals surface area contributed by atoms with Crippen molar-refractivity contribution in [2.24, 2.45) is 5.73 Å². The van der Waals surface area contributed by atoms with Crippen LogP contribution in [0.25, 0.3) is 0 Å². The number of nitrogens with two attached hydrogens (primary N) is 1. The Morgan fingerprint density at radius 1 is 1.50 bits per heavy atom. The Balaban J connectivity index is 2.39. The molecule has 1 saturated carbocycles. The van der Waals surface area contributed by atoms with Gasteiger partial charge in [-0.15, -0.1) is 0 Å². The van der Waals surface area contributed by atoms with Crippen molar-refractivity contribution in [2.75, 3.05) is 0 Å². The van der Waals surface area contributed by atoms with E-state index >= 15 is 0 Å². The molecule has 0 heterocycles. The van der Waals surface area contributed by atoms with Crippen LogP contribution in [-0.4, -0.2) is 21.2 Å². The van der Waals surface area contributed by atoms with Crippen molar-refractivity contribution in [3.8, 4) is 0 Å². The van der Waals surface area contributed by atoms with Crippen LogP contribution in [0.5, 0.6) is 0 Å². The third-order valence-electron chi connectivity index (χ3n) is 1.51. The molecule has 0 radical (unpaired) electrons. The lowest BCUT2D eigenvalue weighted by atomic mass is 10.3. The van der Waals surface area contributed by atoms with Crippen molar-refractivity contribution in [2.45, 2.75) is 28.9 Å². The zero-order chi connectivity index (χ0) is 6.15. The van der Waals surface area contributed by atoms with Gasteiger partial charge in [0, 0.05) is 9.97 Å². The molecule has 0 spiro atoms. The summed E-state index contributed by atoms with van der Waals surface area (Å²) in [5, 5.41) is 8.99. The minimum absolute atomic E-state index is 0.133. The lowest BCUT2D eigenvalue weighted by molar-refractivity contribution is 0.182. The molecule has 8 heavy (non-hydrogen) atoms. The molecule has 1 unspecified atom stereocenters. The maximum absolute atomic E-state index is 8.99. The van der Waals surface area contributed by atoms with Crippen LogP contribution in [0.1, 0.15) is 12.8 Å². The molecule has 0 aromatic heterocycles. The van der Waals surface area contributed by atoms with Crippen LogP contribution in [0.3, 0.4) is 0 Å². The fourth-order valence-electron chi connectivity index (χ4n) is 0.993. The predicted molar refractivity (Wildman–Crippen MR) is 41.0 cm³/mol. The van der Waals surface area contributed by atoms with Gasteiger partial charge >= 0.3 is 0 Å². The lowest BCUT2D eigenvalue weighted by Crippen LogP contribution is -2.24. The van der Waals surface area contributed by atoms with Gasteiger partial charge in [0.05, 0.1) is 6.10 Å². The fourth-order valence-corrected chi connectivity index (χ4v) is 1.87. The zero-order valence-corrected chi connectivity index (χ0v) is 6.71. The summed E-state index contributed by atoms with van der Waals surface area (Å²) in [6.45, 7) is 0. The molecule has 0 amide bonds. The summed E-state index contributed by atoms with van der Waals surface area (Å²) in [5.74, 6) is 0. The molecule has 1 aliphatic carbocycles. The molecule has 0 aliphatic heterocycles. The van der Waals surface area contributed by atoms with E-state index in [-0.39, 0.29) is 12.1 Å². The first-order valence-corrected chi connectivity index (χ1v) is 4.02. The molecule has 0 aromatic rings. The van der Waals surface area contributed by atoms with Gasteiger partial charge in [-0.1, -0.05) is 22.6 Å². The van der Waals surface area contributed by atoms with Crippen molar-refractivity contribution in [1.82, 2.24) is 0 Å². The molecule has 48 valence electrons. The lowest BCUT2D eigenvalue weighted by Gasteiger charge is -2.03. The summed E-state index contributed by atoms with van der Waals surface area (Å²) in [5.41, 5.74) is 5.60. The van der Waals surface area contributed by atoms with Gasteiger partial charge in [0.25, 0.3) is 0 Å². The van der Waals surface area contributed by atoms with Gasteiger partial charge in [0.2, 0.25) is 0 Å². The van der Waals surface area contributed by atoms with E-state index in [1.165, 1.54) is 0 Å². The van der Waals surface area contributed by atoms with Crippen LogP contribution in [0.4, 0.5) is 0 Å². The Kier molecular flexibility index (Phi) is 2.11. The van der Waals surface area contributed by atoms with E-state index in [0.29, 0.717) is 3.92 Å². The Labute approximate surface area is 62.6 Å². The van der Waals surface area contributed by atoms with Crippen LogP contribution in [0.15, 0.2) is 0 Å². The van der Waals surface area contributed by atoms with Crippen molar-refractivity contribution >= 4 is 22.6 Å². The van der Waals surface area contributed by atoms with E-state index in [4.69, 9.17) is 10.8 Å². The number of halogens is 1. The van der Waals surface area contributed by atoms with Gasteiger partial charge < -0.3 is 10.8 Å². The molecule has 3 heteroatoms. The quantitative estimate of drug-likeness (QED) is 0.461. The third kappa shape index (κ3) is 1.33. The summed E-state index contributed by atoms with van der Waals surface area (Å²) < 4.78 is 0.489. The van der Waals surface area contributed by atoms with Crippen LogP contribution in [0, 0.1) is 0 Å². The SMILES string of the molecule is N[C@@H]1C[C@H](O)CC1I. The maximum atomic E-state index is 8.99. The van der Waals surface area contributed by atoms with Crippen LogP contribution in [-0.2, 0) is 0 Å². The Bertz CT molecular complexity index is 78.5. The van der Waals surface area contributed by atoms with E-state index in [1.54, 1.807) is 0 Å². The minimum Gasteiger partial charge on any atom is -0.393 e. The second-order valence-electron chi connectivity index (χ2n) is 2.31. The first-order valence-electron chi connectivity index (χ1n) is 2.78. The molecule has 0 saturated heterocycles. The standard InChI is InChI=1S/C5H10INO/c6-4-1-3(8)2-5(4)7/h3-5,8H,1-2,7H2/t3-,4?,5-/m1/s1.